The lowest BCUT2D eigenvalue weighted by molar-refractivity contribution is -0.131. The molecule has 0 aliphatic carbocycles. The number of piperazine rings is 1. The van der Waals surface area contributed by atoms with Crippen molar-refractivity contribution in [2.24, 2.45) is 0 Å². The molecule has 0 aromatic heterocycles. The smallest absolute Gasteiger partial charge is 0.222 e. The van der Waals surface area contributed by atoms with E-state index in [1.165, 1.54) is 11.3 Å². The zero-order chi connectivity index (χ0) is 13.8. The summed E-state index contributed by atoms with van der Waals surface area (Å²) in [6.45, 7) is 7.53. The molecular weight excluding hydrogens is 260 g/mol. The molecule has 1 aromatic rings. The van der Waals surface area contributed by atoms with Crippen molar-refractivity contribution < 1.29 is 4.79 Å². The van der Waals surface area contributed by atoms with Crippen LogP contribution in [0.4, 0.5) is 5.69 Å². The molecular formula is C15H21ClN2O. The first kappa shape index (κ1) is 14.2. The zero-order valence-corrected chi connectivity index (χ0v) is 12.4. The van der Waals surface area contributed by atoms with E-state index in [2.05, 4.69) is 11.8 Å². The Morgan fingerprint density at radius 2 is 1.95 bits per heavy atom. The molecule has 104 valence electrons. The van der Waals surface area contributed by atoms with E-state index in [4.69, 9.17) is 11.6 Å². The molecule has 1 saturated heterocycles. The van der Waals surface area contributed by atoms with E-state index in [1.54, 1.807) is 0 Å². The van der Waals surface area contributed by atoms with Crippen molar-refractivity contribution in [3.8, 4) is 0 Å². The largest absolute Gasteiger partial charge is 0.368 e. The number of nitrogens with zero attached hydrogens (tertiary/aromatic N) is 2. The fraction of sp³-hybridized carbons (Fsp3) is 0.533. The molecule has 0 radical (unpaired) electrons. The molecule has 0 spiro atoms. The standard InChI is InChI=1S/C15H21ClN2O/c1-3-4-15(19)18-9-7-17(8-10-18)14-11-13(16)6-5-12(14)2/h5-6,11H,3-4,7-10H2,1-2H3. The molecule has 1 aliphatic rings. The van der Waals surface area contributed by atoms with Crippen LogP contribution >= 0.6 is 11.6 Å². The number of carbonyl (C=O) groups excluding carboxylic acids is 1. The zero-order valence-electron chi connectivity index (χ0n) is 11.7. The third kappa shape index (κ3) is 3.41. The van der Waals surface area contributed by atoms with E-state index in [0.717, 1.165) is 37.6 Å². The SMILES string of the molecule is CCCC(=O)N1CCN(c2cc(Cl)ccc2C)CC1. The second kappa shape index (κ2) is 6.29. The van der Waals surface area contributed by atoms with Gasteiger partial charge in [-0.3, -0.25) is 4.79 Å². The molecule has 1 aliphatic heterocycles. The maximum atomic E-state index is 11.8. The van der Waals surface area contributed by atoms with Crippen molar-refractivity contribution >= 4 is 23.2 Å². The van der Waals surface area contributed by atoms with Gasteiger partial charge < -0.3 is 9.80 Å². The molecule has 2 rings (SSSR count). The normalized spacial score (nSPS) is 15.7. The van der Waals surface area contributed by atoms with Crippen LogP contribution in [0, 0.1) is 6.92 Å². The number of carbonyl (C=O) groups is 1. The molecule has 0 N–H and O–H groups in total. The monoisotopic (exact) mass is 280 g/mol. The molecule has 1 heterocycles. The van der Waals surface area contributed by atoms with Crippen LogP contribution in [0.25, 0.3) is 0 Å². The number of amides is 1. The van der Waals surface area contributed by atoms with Crippen LogP contribution in [-0.4, -0.2) is 37.0 Å². The molecule has 4 heteroatoms. The van der Waals surface area contributed by atoms with Gasteiger partial charge in [-0.1, -0.05) is 24.6 Å². The second-order valence-electron chi connectivity index (χ2n) is 5.05. The lowest BCUT2D eigenvalue weighted by Gasteiger charge is -2.37. The van der Waals surface area contributed by atoms with E-state index in [1.807, 2.05) is 30.0 Å². The highest BCUT2D eigenvalue weighted by atomic mass is 35.5. The number of hydrogen-bond acceptors (Lipinski definition) is 2. The van der Waals surface area contributed by atoms with Crippen LogP contribution in [0.1, 0.15) is 25.3 Å². The summed E-state index contributed by atoms with van der Waals surface area (Å²) in [5, 5.41) is 0.769. The van der Waals surface area contributed by atoms with Crippen LogP contribution in [0.3, 0.4) is 0 Å². The van der Waals surface area contributed by atoms with Crippen molar-refractivity contribution in [3.63, 3.8) is 0 Å². The van der Waals surface area contributed by atoms with Gasteiger partial charge in [0.15, 0.2) is 0 Å². The number of rotatable bonds is 3. The Kier molecular flexibility index (Phi) is 4.70. The fourth-order valence-electron chi connectivity index (χ4n) is 2.49. The van der Waals surface area contributed by atoms with Gasteiger partial charge >= 0.3 is 0 Å². The van der Waals surface area contributed by atoms with Gasteiger partial charge in [-0.15, -0.1) is 0 Å². The molecule has 1 amide bonds. The average Bonchev–Trinajstić information content (AvgIpc) is 2.42. The van der Waals surface area contributed by atoms with Crippen LogP contribution < -0.4 is 4.90 Å². The first-order chi connectivity index (χ1) is 9.11. The Morgan fingerprint density at radius 1 is 1.26 bits per heavy atom. The van der Waals surface area contributed by atoms with Gasteiger partial charge in [0.25, 0.3) is 0 Å². The minimum absolute atomic E-state index is 0.282. The van der Waals surface area contributed by atoms with E-state index >= 15 is 0 Å². The Bertz CT molecular complexity index is 453. The van der Waals surface area contributed by atoms with Crippen molar-refractivity contribution in [3.05, 3.63) is 28.8 Å². The second-order valence-corrected chi connectivity index (χ2v) is 5.49. The summed E-state index contributed by atoms with van der Waals surface area (Å²) in [4.78, 5) is 16.1. The minimum Gasteiger partial charge on any atom is -0.368 e. The summed E-state index contributed by atoms with van der Waals surface area (Å²) in [5.41, 5.74) is 2.42. The van der Waals surface area contributed by atoms with Crippen LogP contribution in [0.15, 0.2) is 18.2 Å². The van der Waals surface area contributed by atoms with E-state index in [0.29, 0.717) is 6.42 Å². The highest BCUT2D eigenvalue weighted by Crippen LogP contribution is 2.25. The third-order valence-corrected chi connectivity index (χ3v) is 3.84. The summed E-state index contributed by atoms with van der Waals surface area (Å²) >= 11 is 6.07. The number of aryl methyl sites for hydroxylation is 1. The van der Waals surface area contributed by atoms with E-state index in [9.17, 15) is 4.79 Å². The lowest BCUT2D eigenvalue weighted by Crippen LogP contribution is -2.48. The highest BCUT2D eigenvalue weighted by molar-refractivity contribution is 6.30. The Hall–Kier alpha value is -1.22. The molecule has 0 saturated carbocycles. The topological polar surface area (TPSA) is 23.6 Å². The third-order valence-electron chi connectivity index (χ3n) is 3.61. The highest BCUT2D eigenvalue weighted by Gasteiger charge is 2.21. The summed E-state index contributed by atoms with van der Waals surface area (Å²) in [6, 6.07) is 5.98. The van der Waals surface area contributed by atoms with E-state index < -0.39 is 0 Å². The summed E-state index contributed by atoms with van der Waals surface area (Å²) in [6.07, 6.45) is 1.59. The lowest BCUT2D eigenvalue weighted by atomic mass is 10.1. The maximum absolute atomic E-state index is 11.8. The minimum atomic E-state index is 0.282. The molecule has 1 aromatic carbocycles. The molecule has 1 fully saturated rings. The Balaban J connectivity index is 2.00. The van der Waals surface area contributed by atoms with Crippen molar-refractivity contribution in [1.82, 2.24) is 4.90 Å². The number of hydrogen-bond donors (Lipinski definition) is 0. The average molecular weight is 281 g/mol. The van der Waals surface area contributed by atoms with Gasteiger partial charge in [0.2, 0.25) is 5.91 Å². The number of benzene rings is 1. The fourth-order valence-corrected chi connectivity index (χ4v) is 2.66. The molecule has 3 nitrogen and oxygen atoms in total. The van der Waals surface area contributed by atoms with Gasteiger partial charge in [-0.25, -0.2) is 0 Å². The van der Waals surface area contributed by atoms with Crippen LogP contribution in [-0.2, 0) is 4.79 Å². The van der Waals surface area contributed by atoms with E-state index in [-0.39, 0.29) is 5.91 Å². The quantitative estimate of drug-likeness (QED) is 0.849. The van der Waals surface area contributed by atoms with Gasteiger partial charge in [-0.2, -0.15) is 0 Å². The Labute approximate surface area is 120 Å². The van der Waals surface area contributed by atoms with Crippen molar-refractivity contribution in [1.29, 1.82) is 0 Å². The number of halogens is 1. The predicted molar refractivity (Wildman–Crippen MR) is 79.9 cm³/mol. The molecule has 0 atom stereocenters. The first-order valence-corrected chi connectivity index (χ1v) is 7.28. The van der Waals surface area contributed by atoms with Gasteiger partial charge in [0.1, 0.15) is 0 Å². The first-order valence-electron chi connectivity index (χ1n) is 6.90. The summed E-state index contributed by atoms with van der Waals surface area (Å²) < 4.78 is 0. The van der Waals surface area contributed by atoms with Crippen LogP contribution in [0.5, 0.6) is 0 Å². The molecule has 0 bridgehead atoms. The van der Waals surface area contributed by atoms with Crippen molar-refractivity contribution in [2.45, 2.75) is 26.7 Å². The molecule has 19 heavy (non-hydrogen) atoms. The summed E-state index contributed by atoms with van der Waals surface area (Å²) in [7, 11) is 0. The summed E-state index contributed by atoms with van der Waals surface area (Å²) in [5.74, 6) is 0.282. The number of anilines is 1. The van der Waals surface area contributed by atoms with Crippen LogP contribution in [0.2, 0.25) is 5.02 Å². The van der Waals surface area contributed by atoms with Crippen molar-refractivity contribution in [2.75, 3.05) is 31.1 Å². The molecule has 0 unspecified atom stereocenters. The maximum Gasteiger partial charge on any atom is 0.222 e. The predicted octanol–water partition coefficient (Wildman–Crippen LogP) is 3.10. The van der Waals surface area contributed by atoms with Gasteiger partial charge in [0.05, 0.1) is 0 Å². The Morgan fingerprint density at radius 3 is 2.58 bits per heavy atom. The van der Waals surface area contributed by atoms with Gasteiger partial charge in [0, 0.05) is 43.3 Å². The van der Waals surface area contributed by atoms with Gasteiger partial charge in [-0.05, 0) is 31.0 Å².